The summed E-state index contributed by atoms with van der Waals surface area (Å²) in [6.45, 7) is 3.33. The Balaban J connectivity index is 2.58. The Hall–Kier alpha value is -0.850. The average molecular weight is 297 g/mol. The molecule has 0 fully saturated rings. The van der Waals surface area contributed by atoms with Gasteiger partial charge in [0.15, 0.2) is 11.6 Å². The van der Waals surface area contributed by atoms with Crippen LogP contribution in [0.3, 0.4) is 0 Å². The molecule has 1 aromatic rings. The van der Waals surface area contributed by atoms with Gasteiger partial charge >= 0.3 is 0 Å². The van der Waals surface area contributed by atoms with Gasteiger partial charge in [0.1, 0.15) is 0 Å². The predicted molar refractivity (Wildman–Crippen MR) is 66.0 cm³/mol. The lowest BCUT2D eigenvalue weighted by Gasteiger charge is -2.07. The van der Waals surface area contributed by atoms with E-state index in [1.807, 2.05) is 6.92 Å². The molecule has 1 aromatic carbocycles. The summed E-state index contributed by atoms with van der Waals surface area (Å²) in [5.41, 5.74) is 0. The molecule has 0 amide bonds. The molecule has 0 N–H and O–H groups in total. The first-order valence-corrected chi connectivity index (χ1v) is 7.71. The lowest BCUT2D eigenvalue weighted by atomic mass is 10.3. The van der Waals surface area contributed by atoms with Crippen molar-refractivity contribution in [3.63, 3.8) is 0 Å². The molecule has 0 radical (unpaired) electrons. The molecule has 0 heterocycles. The van der Waals surface area contributed by atoms with E-state index in [1.54, 1.807) is 0 Å². The van der Waals surface area contributed by atoms with Gasteiger partial charge in [-0.1, -0.05) is 0 Å². The Kier molecular flexibility index (Phi) is 5.84. The Morgan fingerprint density at radius 2 is 2.06 bits per heavy atom. The van der Waals surface area contributed by atoms with Gasteiger partial charge in [-0.15, -0.1) is 0 Å². The van der Waals surface area contributed by atoms with Crippen LogP contribution in [-0.4, -0.2) is 28.2 Å². The van der Waals surface area contributed by atoms with Crippen LogP contribution >= 0.6 is 10.7 Å². The summed E-state index contributed by atoms with van der Waals surface area (Å²) in [7, 11) is 1.17. The molecule has 0 spiro atoms. The van der Waals surface area contributed by atoms with Crippen LogP contribution in [0.2, 0.25) is 0 Å². The fourth-order valence-corrected chi connectivity index (χ4v) is 2.00. The highest BCUT2D eigenvalue weighted by Crippen LogP contribution is 2.23. The van der Waals surface area contributed by atoms with E-state index in [4.69, 9.17) is 20.2 Å². The molecule has 0 aliphatic heterocycles. The molecular weight excluding hydrogens is 283 g/mol. The van der Waals surface area contributed by atoms with Gasteiger partial charge in [-0.05, 0) is 25.1 Å². The van der Waals surface area contributed by atoms with Crippen molar-refractivity contribution in [2.75, 3.05) is 19.8 Å². The highest BCUT2D eigenvalue weighted by atomic mass is 35.7. The number of rotatable bonds is 7. The minimum absolute atomic E-state index is 0.00411. The molecule has 0 atom stereocenters. The van der Waals surface area contributed by atoms with E-state index in [9.17, 15) is 12.8 Å². The summed E-state index contributed by atoms with van der Waals surface area (Å²) in [5, 5.41) is 0. The second-order valence-corrected chi connectivity index (χ2v) is 5.99. The molecule has 0 aromatic heterocycles. The maximum Gasteiger partial charge on any atom is 0.261 e. The van der Waals surface area contributed by atoms with Crippen LogP contribution < -0.4 is 4.74 Å². The Bertz CT molecular complexity index is 490. The van der Waals surface area contributed by atoms with Gasteiger partial charge < -0.3 is 9.47 Å². The largest absolute Gasteiger partial charge is 0.490 e. The third kappa shape index (κ3) is 4.80. The van der Waals surface area contributed by atoms with Crippen molar-refractivity contribution in [2.24, 2.45) is 0 Å². The van der Waals surface area contributed by atoms with E-state index in [1.165, 1.54) is 12.1 Å². The summed E-state index contributed by atoms with van der Waals surface area (Å²) < 4.78 is 45.7. The van der Waals surface area contributed by atoms with Gasteiger partial charge in [-0.25, -0.2) is 12.8 Å². The fourth-order valence-electron chi connectivity index (χ4n) is 1.24. The maximum absolute atomic E-state index is 13.5. The summed E-state index contributed by atoms with van der Waals surface area (Å²) in [4.78, 5) is -0.289. The molecule has 4 nitrogen and oxygen atoms in total. The van der Waals surface area contributed by atoms with E-state index < -0.39 is 14.9 Å². The molecule has 0 saturated heterocycles. The van der Waals surface area contributed by atoms with Crippen LogP contribution in [0.5, 0.6) is 5.75 Å². The molecule has 7 heteroatoms. The van der Waals surface area contributed by atoms with E-state index >= 15 is 0 Å². The van der Waals surface area contributed by atoms with E-state index in [0.29, 0.717) is 26.2 Å². The van der Waals surface area contributed by atoms with Gasteiger partial charge in [0.05, 0.1) is 11.5 Å². The lowest BCUT2D eigenvalue weighted by Crippen LogP contribution is -2.04. The number of benzene rings is 1. The summed E-state index contributed by atoms with van der Waals surface area (Å²) >= 11 is 0. The smallest absolute Gasteiger partial charge is 0.261 e. The Labute approximate surface area is 110 Å². The Morgan fingerprint density at radius 3 is 2.61 bits per heavy atom. The van der Waals surface area contributed by atoms with Gasteiger partial charge in [0, 0.05) is 30.3 Å². The molecule has 0 aliphatic rings. The number of ether oxygens (including phenoxy) is 2. The van der Waals surface area contributed by atoms with E-state index in [2.05, 4.69) is 0 Å². The van der Waals surface area contributed by atoms with E-state index in [0.717, 1.165) is 6.07 Å². The van der Waals surface area contributed by atoms with Crippen molar-refractivity contribution in [1.82, 2.24) is 0 Å². The molecule has 0 aliphatic carbocycles. The second kappa shape index (κ2) is 6.92. The van der Waals surface area contributed by atoms with Crippen molar-refractivity contribution in [1.29, 1.82) is 0 Å². The highest BCUT2D eigenvalue weighted by molar-refractivity contribution is 8.13. The summed E-state index contributed by atoms with van der Waals surface area (Å²) in [5.74, 6) is -0.760. The van der Waals surface area contributed by atoms with Crippen LogP contribution in [0.25, 0.3) is 0 Å². The minimum atomic E-state index is -3.92. The molecule has 0 bridgehead atoms. The second-order valence-electron chi connectivity index (χ2n) is 3.43. The lowest BCUT2D eigenvalue weighted by molar-refractivity contribution is 0.130. The van der Waals surface area contributed by atoms with Gasteiger partial charge in [-0.2, -0.15) is 0 Å². The van der Waals surface area contributed by atoms with Crippen molar-refractivity contribution < 1.29 is 22.3 Å². The zero-order valence-corrected chi connectivity index (χ0v) is 11.4. The third-order valence-electron chi connectivity index (χ3n) is 2.08. The normalized spacial score (nSPS) is 11.5. The standard InChI is InChI=1S/C11H14ClFO4S/c1-2-16-6-3-7-17-11-5-4-9(8-10(11)13)18(12,14)15/h4-5,8H,2-3,6-7H2,1H3. The zero-order valence-electron chi connectivity index (χ0n) is 9.86. The molecule has 0 unspecified atom stereocenters. The van der Waals surface area contributed by atoms with E-state index in [-0.39, 0.29) is 10.6 Å². The third-order valence-corrected chi connectivity index (χ3v) is 3.43. The van der Waals surface area contributed by atoms with Crippen LogP contribution in [-0.2, 0) is 13.8 Å². The summed E-state index contributed by atoms with van der Waals surface area (Å²) in [6.07, 6.45) is 0.628. The fraction of sp³-hybridized carbons (Fsp3) is 0.455. The maximum atomic E-state index is 13.5. The van der Waals surface area contributed by atoms with Crippen LogP contribution in [0.1, 0.15) is 13.3 Å². The van der Waals surface area contributed by atoms with Crippen molar-refractivity contribution >= 4 is 19.7 Å². The Morgan fingerprint density at radius 1 is 1.33 bits per heavy atom. The number of hydrogen-bond donors (Lipinski definition) is 0. The topological polar surface area (TPSA) is 52.6 Å². The van der Waals surface area contributed by atoms with Crippen LogP contribution in [0.15, 0.2) is 23.1 Å². The first-order chi connectivity index (χ1) is 8.45. The zero-order chi connectivity index (χ0) is 13.6. The molecule has 18 heavy (non-hydrogen) atoms. The molecule has 102 valence electrons. The first kappa shape index (κ1) is 15.2. The van der Waals surface area contributed by atoms with Crippen molar-refractivity contribution in [3.05, 3.63) is 24.0 Å². The monoisotopic (exact) mass is 296 g/mol. The van der Waals surface area contributed by atoms with Crippen LogP contribution in [0.4, 0.5) is 4.39 Å². The molecule has 0 saturated carbocycles. The van der Waals surface area contributed by atoms with Crippen molar-refractivity contribution in [3.8, 4) is 5.75 Å². The molecule has 1 rings (SSSR count). The highest BCUT2D eigenvalue weighted by Gasteiger charge is 2.13. The van der Waals surface area contributed by atoms with Crippen LogP contribution in [0, 0.1) is 5.82 Å². The van der Waals surface area contributed by atoms with Gasteiger partial charge in [0.2, 0.25) is 0 Å². The number of hydrogen-bond acceptors (Lipinski definition) is 4. The number of halogens is 2. The van der Waals surface area contributed by atoms with Gasteiger partial charge in [-0.3, -0.25) is 0 Å². The first-order valence-electron chi connectivity index (χ1n) is 5.40. The SMILES string of the molecule is CCOCCCOc1ccc(S(=O)(=O)Cl)cc1F. The summed E-state index contributed by atoms with van der Waals surface area (Å²) in [6, 6.07) is 3.27. The van der Waals surface area contributed by atoms with Crippen molar-refractivity contribution in [2.45, 2.75) is 18.2 Å². The van der Waals surface area contributed by atoms with Gasteiger partial charge in [0.25, 0.3) is 9.05 Å². The molecular formula is C11H14ClFO4S. The average Bonchev–Trinajstić information content (AvgIpc) is 2.29. The predicted octanol–water partition coefficient (Wildman–Crippen LogP) is 2.56. The minimum Gasteiger partial charge on any atom is -0.490 e. The quantitative estimate of drug-likeness (QED) is 0.573.